The van der Waals surface area contributed by atoms with E-state index in [1.807, 2.05) is 13.8 Å². The number of primary amides is 1. The Morgan fingerprint density at radius 3 is 2.25 bits per heavy atom. The molecule has 2 atom stereocenters. The molecule has 0 heterocycles. The summed E-state index contributed by atoms with van der Waals surface area (Å²) in [5.74, 6) is -0.583. The maximum Gasteiger partial charge on any atom is 0.247 e. The summed E-state index contributed by atoms with van der Waals surface area (Å²) in [5, 5.41) is 14.6. The van der Waals surface area contributed by atoms with Crippen molar-refractivity contribution in [3.8, 4) is 0 Å². The van der Waals surface area contributed by atoms with Crippen molar-refractivity contribution in [2.45, 2.75) is 32.9 Å². The van der Waals surface area contributed by atoms with E-state index in [1.54, 1.807) is 6.92 Å². The Labute approximate surface area is 95.6 Å². The van der Waals surface area contributed by atoms with Crippen LogP contribution in [-0.2, 0) is 9.59 Å². The van der Waals surface area contributed by atoms with E-state index in [4.69, 9.17) is 10.8 Å². The zero-order valence-corrected chi connectivity index (χ0v) is 9.99. The third-order valence-electron chi connectivity index (χ3n) is 2.02. The third kappa shape index (κ3) is 6.36. The summed E-state index contributed by atoms with van der Waals surface area (Å²) in [6.07, 6.45) is -1.26. The summed E-state index contributed by atoms with van der Waals surface area (Å²) >= 11 is 0. The van der Waals surface area contributed by atoms with Gasteiger partial charge in [0, 0.05) is 13.1 Å². The number of rotatable bonds is 7. The smallest absolute Gasteiger partial charge is 0.247 e. The molecule has 5 N–H and O–H groups in total. The molecule has 0 aliphatic rings. The second kappa shape index (κ2) is 7.19. The van der Waals surface area contributed by atoms with E-state index in [0.717, 1.165) is 0 Å². The van der Waals surface area contributed by atoms with E-state index in [9.17, 15) is 9.59 Å². The molecule has 0 aromatic rings. The first-order valence-electron chi connectivity index (χ1n) is 5.33. The van der Waals surface area contributed by atoms with Gasteiger partial charge in [-0.25, -0.2) is 0 Å². The lowest BCUT2D eigenvalue weighted by Gasteiger charge is -2.16. The average Bonchev–Trinajstić information content (AvgIpc) is 2.21. The Hall–Kier alpha value is -1.14. The molecule has 0 rings (SSSR count). The number of hydrogen-bond donors (Lipinski definition) is 4. The van der Waals surface area contributed by atoms with Crippen LogP contribution in [0.15, 0.2) is 0 Å². The van der Waals surface area contributed by atoms with Gasteiger partial charge >= 0.3 is 0 Å². The largest absolute Gasteiger partial charge is 0.382 e. The summed E-state index contributed by atoms with van der Waals surface area (Å²) in [6.45, 7) is 6.22. The fourth-order valence-electron chi connectivity index (χ4n) is 0.940. The van der Waals surface area contributed by atoms with Gasteiger partial charge in [0.15, 0.2) is 0 Å². The van der Waals surface area contributed by atoms with Crippen LogP contribution in [0.3, 0.4) is 0 Å². The van der Waals surface area contributed by atoms with E-state index in [1.165, 1.54) is 0 Å². The van der Waals surface area contributed by atoms with Crippen LogP contribution >= 0.6 is 0 Å². The minimum Gasteiger partial charge on any atom is -0.382 e. The molecule has 94 valence electrons. The van der Waals surface area contributed by atoms with Crippen LogP contribution in [-0.4, -0.2) is 42.2 Å². The molecule has 0 aliphatic heterocycles. The highest BCUT2D eigenvalue weighted by atomic mass is 16.3. The van der Waals surface area contributed by atoms with E-state index in [0.29, 0.717) is 12.5 Å². The Bertz CT molecular complexity index is 243. The maximum atomic E-state index is 11.5. The van der Waals surface area contributed by atoms with Crippen molar-refractivity contribution in [1.29, 1.82) is 0 Å². The predicted octanol–water partition coefficient (Wildman–Crippen LogP) is -1.42. The maximum absolute atomic E-state index is 11.5. The number of hydrogen-bond acceptors (Lipinski definition) is 4. The van der Waals surface area contributed by atoms with Crippen LogP contribution in [0, 0.1) is 5.92 Å². The van der Waals surface area contributed by atoms with Gasteiger partial charge in [0.1, 0.15) is 6.10 Å². The third-order valence-corrected chi connectivity index (χ3v) is 2.02. The summed E-state index contributed by atoms with van der Waals surface area (Å²) < 4.78 is 0. The molecule has 2 amide bonds. The Morgan fingerprint density at radius 1 is 1.25 bits per heavy atom. The Kier molecular flexibility index (Phi) is 6.67. The quantitative estimate of drug-likeness (QED) is 0.432. The molecule has 2 unspecified atom stereocenters. The number of aliphatic hydroxyl groups excluding tert-OH is 1. The highest BCUT2D eigenvalue weighted by Crippen LogP contribution is 1.89. The van der Waals surface area contributed by atoms with E-state index in [-0.39, 0.29) is 12.5 Å². The normalized spacial score (nSPS) is 14.6. The van der Waals surface area contributed by atoms with Gasteiger partial charge in [-0.05, 0) is 12.8 Å². The van der Waals surface area contributed by atoms with E-state index in [2.05, 4.69) is 10.6 Å². The standard InChI is InChI=1S/C10H21N3O3/c1-6(2)4-13-10(16)7(3)12-5-8(14)9(11)15/h6-8,12,14H,4-5H2,1-3H3,(H2,11,15)(H,13,16). The number of carbonyl (C=O) groups excluding carboxylic acids is 2. The minimum atomic E-state index is -1.26. The lowest BCUT2D eigenvalue weighted by molar-refractivity contribution is -0.127. The highest BCUT2D eigenvalue weighted by Gasteiger charge is 2.16. The molecule has 0 spiro atoms. The van der Waals surface area contributed by atoms with Gasteiger partial charge in [0.2, 0.25) is 11.8 Å². The molecule has 0 fully saturated rings. The molecule has 0 radical (unpaired) electrons. The van der Waals surface area contributed by atoms with Crippen LogP contribution < -0.4 is 16.4 Å². The van der Waals surface area contributed by atoms with Crippen molar-refractivity contribution in [2.24, 2.45) is 11.7 Å². The first-order chi connectivity index (χ1) is 7.34. The molecular formula is C10H21N3O3. The molecule has 0 aliphatic carbocycles. The number of nitrogens with two attached hydrogens (primary N) is 1. The predicted molar refractivity (Wildman–Crippen MR) is 60.5 cm³/mol. The zero-order chi connectivity index (χ0) is 12.7. The SMILES string of the molecule is CC(C)CNC(=O)C(C)NCC(O)C(N)=O. The van der Waals surface area contributed by atoms with Gasteiger partial charge in [-0.3, -0.25) is 9.59 Å². The van der Waals surface area contributed by atoms with Gasteiger partial charge in [-0.1, -0.05) is 13.8 Å². The lowest BCUT2D eigenvalue weighted by atomic mass is 10.2. The van der Waals surface area contributed by atoms with Crippen molar-refractivity contribution in [3.05, 3.63) is 0 Å². The summed E-state index contributed by atoms with van der Waals surface area (Å²) in [4.78, 5) is 22.0. The van der Waals surface area contributed by atoms with Crippen molar-refractivity contribution in [2.75, 3.05) is 13.1 Å². The molecule has 0 bridgehead atoms. The van der Waals surface area contributed by atoms with Gasteiger partial charge < -0.3 is 21.5 Å². The summed E-state index contributed by atoms with van der Waals surface area (Å²) in [6, 6.07) is -0.465. The fraction of sp³-hybridized carbons (Fsp3) is 0.800. The first kappa shape index (κ1) is 14.9. The van der Waals surface area contributed by atoms with Crippen molar-refractivity contribution < 1.29 is 14.7 Å². The van der Waals surface area contributed by atoms with Gasteiger partial charge in [-0.15, -0.1) is 0 Å². The van der Waals surface area contributed by atoms with Gasteiger partial charge in [0.25, 0.3) is 0 Å². The molecule has 0 aromatic heterocycles. The number of amides is 2. The number of nitrogens with one attached hydrogen (secondary N) is 2. The van der Waals surface area contributed by atoms with Crippen LogP contribution in [0.5, 0.6) is 0 Å². The second-order valence-corrected chi connectivity index (χ2v) is 4.19. The molecule has 0 saturated heterocycles. The van der Waals surface area contributed by atoms with Crippen molar-refractivity contribution >= 4 is 11.8 Å². The molecule has 0 saturated carbocycles. The van der Waals surface area contributed by atoms with Gasteiger partial charge in [-0.2, -0.15) is 0 Å². The summed E-state index contributed by atoms with van der Waals surface area (Å²) in [7, 11) is 0. The number of aliphatic hydroxyl groups is 1. The molecule has 16 heavy (non-hydrogen) atoms. The van der Waals surface area contributed by atoms with Crippen molar-refractivity contribution in [3.63, 3.8) is 0 Å². The summed E-state index contributed by atoms with van der Waals surface area (Å²) in [5.41, 5.74) is 4.87. The molecule has 6 heteroatoms. The molecule has 6 nitrogen and oxygen atoms in total. The average molecular weight is 231 g/mol. The second-order valence-electron chi connectivity index (χ2n) is 4.19. The van der Waals surface area contributed by atoms with E-state index >= 15 is 0 Å². The zero-order valence-electron chi connectivity index (χ0n) is 9.99. The van der Waals surface area contributed by atoms with E-state index < -0.39 is 18.1 Å². The van der Waals surface area contributed by atoms with Crippen LogP contribution in [0.4, 0.5) is 0 Å². The monoisotopic (exact) mass is 231 g/mol. The molecular weight excluding hydrogens is 210 g/mol. The van der Waals surface area contributed by atoms with Crippen molar-refractivity contribution in [1.82, 2.24) is 10.6 Å². The topological polar surface area (TPSA) is 104 Å². The number of carbonyl (C=O) groups is 2. The van der Waals surface area contributed by atoms with Crippen LogP contribution in [0.25, 0.3) is 0 Å². The van der Waals surface area contributed by atoms with Crippen LogP contribution in [0.1, 0.15) is 20.8 Å². The highest BCUT2D eigenvalue weighted by molar-refractivity contribution is 5.81. The van der Waals surface area contributed by atoms with Crippen LogP contribution in [0.2, 0.25) is 0 Å². The minimum absolute atomic E-state index is 0.0222. The fourth-order valence-corrected chi connectivity index (χ4v) is 0.940. The molecule has 0 aromatic carbocycles. The van der Waals surface area contributed by atoms with Gasteiger partial charge in [0.05, 0.1) is 6.04 Å². The Balaban J connectivity index is 3.83. The Morgan fingerprint density at radius 2 is 1.81 bits per heavy atom. The first-order valence-corrected chi connectivity index (χ1v) is 5.33. The lowest BCUT2D eigenvalue weighted by Crippen LogP contribution is -2.47.